The molecule has 34 heavy (non-hydrogen) atoms. The number of hydrogen-bond acceptors (Lipinski definition) is 5. The molecule has 4 aliphatic carbocycles. The van der Waals surface area contributed by atoms with Crippen molar-refractivity contribution in [1.82, 2.24) is 0 Å². The first kappa shape index (κ1) is 24.4. The third kappa shape index (κ3) is 3.70. The molecular formula is C29H42O5. The summed E-state index contributed by atoms with van der Waals surface area (Å²) in [5.41, 5.74) is 0.853. The summed E-state index contributed by atoms with van der Waals surface area (Å²) in [6, 6.07) is 0. The van der Waals surface area contributed by atoms with Gasteiger partial charge in [-0.25, -0.2) is 0 Å². The molecule has 5 rings (SSSR count). The highest BCUT2D eigenvalue weighted by Gasteiger charge is 2.70. The molecule has 0 aromatic heterocycles. The highest BCUT2D eigenvalue weighted by atomic mass is 16.7. The first-order valence-corrected chi connectivity index (χ1v) is 13.3. The predicted octanol–water partition coefficient (Wildman–Crippen LogP) is 5.14. The van der Waals surface area contributed by atoms with Crippen molar-refractivity contribution in [3.63, 3.8) is 0 Å². The molecule has 1 unspecified atom stereocenters. The Hall–Kier alpha value is -1.27. The topological polar surface area (TPSA) is 65.0 Å². The van der Waals surface area contributed by atoms with Crippen LogP contribution < -0.4 is 0 Å². The molecule has 0 bridgehead atoms. The van der Waals surface area contributed by atoms with Gasteiger partial charge in [0.25, 0.3) is 0 Å². The lowest BCUT2D eigenvalue weighted by atomic mass is 9.49. The highest BCUT2D eigenvalue weighted by molar-refractivity contribution is 5.90. The number of ketones is 1. The van der Waals surface area contributed by atoms with Crippen LogP contribution in [0.2, 0.25) is 0 Å². The molecule has 188 valence electrons. The van der Waals surface area contributed by atoms with E-state index in [1.807, 2.05) is 20.8 Å². The first-order chi connectivity index (χ1) is 16.0. The van der Waals surface area contributed by atoms with E-state index in [0.29, 0.717) is 18.3 Å². The summed E-state index contributed by atoms with van der Waals surface area (Å²) in [7, 11) is 0. The number of allylic oxidation sites excluding steroid dienone is 5. The van der Waals surface area contributed by atoms with Gasteiger partial charge in [-0.05, 0) is 70.3 Å². The molecule has 0 aromatic carbocycles. The summed E-state index contributed by atoms with van der Waals surface area (Å²) in [5.74, 6) is 0.726. The number of carbonyl (C=O) groups is 1. The molecule has 4 fully saturated rings. The van der Waals surface area contributed by atoms with Gasteiger partial charge in [-0.2, -0.15) is 0 Å². The highest BCUT2D eigenvalue weighted by Crippen LogP contribution is 2.65. The van der Waals surface area contributed by atoms with Crippen LogP contribution in [0.1, 0.15) is 73.1 Å². The van der Waals surface area contributed by atoms with Crippen LogP contribution in [0, 0.1) is 29.1 Å². The van der Waals surface area contributed by atoms with E-state index in [9.17, 15) is 9.90 Å². The van der Waals surface area contributed by atoms with Gasteiger partial charge in [-0.1, -0.05) is 50.6 Å². The van der Waals surface area contributed by atoms with Crippen molar-refractivity contribution < 1.29 is 24.1 Å². The van der Waals surface area contributed by atoms with Crippen molar-refractivity contribution in [3.05, 3.63) is 36.0 Å². The lowest BCUT2D eigenvalue weighted by Crippen LogP contribution is -2.58. The van der Waals surface area contributed by atoms with E-state index in [2.05, 4.69) is 38.7 Å². The molecule has 9 atom stereocenters. The van der Waals surface area contributed by atoms with Gasteiger partial charge >= 0.3 is 0 Å². The molecule has 0 amide bonds. The maximum absolute atomic E-state index is 13.9. The van der Waals surface area contributed by atoms with Crippen LogP contribution in [0.25, 0.3) is 0 Å². The monoisotopic (exact) mass is 470 g/mol. The fourth-order valence-corrected chi connectivity index (χ4v) is 7.92. The Balaban J connectivity index is 1.47. The Kier molecular flexibility index (Phi) is 6.03. The van der Waals surface area contributed by atoms with Crippen molar-refractivity contribution in [2.45, 2.75) is 103 Å². The maximum atomic E-state index is 13.9. The predicted molar refractivity (Wildman–Crippen MR) is 131 cm³/mol. The van der Waals surface area contributed by atoms with Crippen LogP contribution in [-0.4, -0.2) is 47.2 Å². The fourth-order valence-electron chi connectivity index (χ4n) is 7.92. The second-order valence-corrected chi connectivity index (χ2v) is 12.5. The van der Waals surface area contributed by atoms with Crippen molar-refractivity contribution >= 4 is 5.78 Å². The van der Waals surface area contributed by atoms with E-state index in [1.54, 1.807) is 0 Å². The van der Waals surface area contributed by atoms with Gasteiger partial charge in [-0.3, -0.25) is 4.79 Å². The molecule has 5 heteroatoms. The van der Waals surface area contributed by atoms with Crippen molar-refractivity contribution in [2.75, 3.05) is 6.61 Å². The molecular weight excluding hydrogens is 428 g/mol. The normalized spacial score (nSPS) is 45.3. The number of fused-ring (bicyclic) bond motifs is 7. The number of hydrogen-bond donors (Lipinski definition) is 1. The number of carbonyl (C=O) groups excluding carboxylic acids is 1. The fraction of sp³-hybridized carbons (Fsp3) is 0.759. The molecule has 3 saturated carbocycles. The van der Waals surface area contributed by atoms with E-state index in [0.717, 1.165) is 37.7 Å². The second kappa shape index (κ2) is 8.40. The largest absolute Gasteiger partial charge is 0.393 e. The van der Waals surface area contributed by atoms with Crippen LogP contribution in [0.3, 0.4) is 0 Å². The third-order valence-corrected chi connectivity index (χ3v) is 9.33. The summed E-state index contributed by atoms with van der Waals surface area (Å²) in [4.78, 5) is 13.9. The maximum Gasteiger partial charge on any atom is 0.193 e. The summed E-state index contributed by atoms with van der Waals surface area (Å²) in [6.45, 7) is 14.4. The lowest BCUT2D eigenvalue weighted by Gasteiger charge is -2.56. The summed E-state index contributed by atoms with van der Waals surface area (Å²) in [5, 5.41) is 11.6. The molecule has 0 aromatic rings. The molecule has 1 saturated heterocycles. The van der Waals surface area contributed by atoms with Crippen LogP contribution >= 0.6 is 0 Å². The molecule has 1 heterocycles. The van der Waals surface area contributed by atoms with Gasteiger partial charge in [0.2, 0.25) is 0 Å². The van der Waals surface area contributed by atoms with Crippen LogP contribution in [-0.2, 0) is 19.0 Å². The number of Topliss-reactive ketones (excluding diaryl/α,β-unsaturated/α-hetero) is 1. The Morgan fingerprint density at radius 2 is 2.06 bits per heavy atom. The average Bonchev–Trinajstić information content (AvgIpc) is 3.26. The molecule has 5 nitrogen and oxygen atoms in total. The quantitative estimate of drug-likeness (QED) is 0.603. The number of rotatable bonds is 5. The smallest absolute Gasteiger partial charge is 0.193 e. The minimum atomic E-state index is -1.00. The first-order valence-electron chi connectivity index (χ1n) is 13.3. The summed E-state index contributed by atoms with van der Waals surface area (Å²) in [6.07, 6.45) is 10.6. The number of aliphatic hydroxyl groups is 1. The third-order valence-electron chi connectivity index (χ3n) is 9.33. The minimum Gasteiger partial charge on any atom is -0.393 e. The van der Waals surface area contributed by atoms with Crippen LogP contribution in [0.5, 0.6) is 0 Å². The van der Waals surface area contributed by atoms with E-state index in [4.69, 9.17) is 14.2 Å². The molecule has 1 aliphatic heterocycles. The lowest BCUT2D eigenvalue weighted by molar-refractivity contribution is -0.177. The zero-order valence-electron chi connectivity index (χ0n) is 21.5. The zero-order valence-corrected chi connectivity index (χ0v) is 21.5. The Labute approximate surface area is 204 Å². The van der Waals surface area contributed by atoms with Gasteiger partial charge in [-0.15, -0.1) is 0 Å². The Bertz CT molecular complexity index is 912. The zero-order chi connectivity index (χ0) is 24.5. The van der Waals surface area contributed by atoms with Gasteiger partial charge in [0, 0.05) is 17.3 Å². The minimum absolute atomic E-state index is 0.0133. The van der Waals surface area contributed by atoms with Crippen molar-refractivity contribution in [1.29, 1.82) is 0 Å². The SMILES string of the molecule is C=C1C=C[C@@]2(C)C(=C1)CC[C@@H]1[C@@H]2[C@@H](O)CC2[C@H]1C[C@H]1O[C@@H](CCC)O[C@@]21C(=O)COC(C)(C)C. The molecule has 1 N–H and O–H groups in total. The Morgan fingerprint density at radius 3 is 2.76 bits per heavy atom. The van der Waals surface area contributed by atoms with Crippen molar-refractivity contribution in [3.8, 4) is 0 Å². The van der Waals surface area contributed by atoms with E-state index >= 15 is 0 Å². The standard InChI is InChI=1S/C29H42O5/c1-7-8-25-33-24-14-20-19-10-9-18-13-17(2)11-12-28(18,6)26(19)22(30)15-21(20)29(24,34-25)23(31)16-32-27(3,4)5/h11-13,19-22,24-26,30H,2,7-10,14-16H2,1,3-6H3/t19-,20-,21?,22-,24+,25+,26+,28-,29+/m0/s1. The molecule has 0 spiro atoms. The summed E-state index contributed by atoms with van der Waals surface area (Å²) >= 11 is 0. The van der Waals surface area contributed by atoms with Gasteiger partial charge in [0.05, 0.1) is 17.8 Å². The number of ether oxygens (including phenoxy) is 3. The second-order valence-electron chi connectivity index (χ2n) is 12.5. The molecule has 5 aliphatic rings. The van der Waals surface area contributed by atoms with Gasteiger partial charge in [0.1, 0.15) is 6.61 Å². The van der Waals surface area contributed by atoms with Crippen LogP contribution in [0.4, 0.5) is 0 Å². The average molecular weight is 471 g/mol. The van der Waals surface area contributed by atoms with E-state index in [-0.39, 0.29) is 42.0 Å². The number of aliphatic hydroxyl groups excluding tert-OH is 1. The van der Waals surface area contributed by atoms with E-state index < -0.39 is 17.3 Å². The van der Waals surface area contributed by atoms with Crippen LogP contribution in [0.15, 0.2) is 36.0 Å². The van der Waals surface area contributed by atoms with Crippen molar-refractivity contribution in [2.24, 2.45) is 29.1 Å². The van der Waals surface area contributed by atoms with Gasteiger partial charge in [0.15, 0.2) is 17.7 Å². The summed E-state index contributed by atoms with van der Waals surface area (Å²) < 4.78 is 18.9. The van der Waals surface area contributed by atoms with E-state index in [1.165, 1.54) is 5.57 Å². The Morgan fingerprint density at radius 1 is 1.29 bits per heavy atom. The molecule has 0 radical (unpaired) electrons. The van der Waals surface area contributed by atoms with Gasteiger partial charge < -0.3 is 19.3 Å².